The van der Waals surface area contributed by atoms with Gasteiger partial charge in [-0.15, -0.1) is 0 Å². The molecule has 0 aromatic carbocycles. The van der Waals surface area contributed by atoms with Crippen LogP contribution in [0.25, 0.3) is 0 Å². The average Bonchev–Trinajstić information content (AvgIpc) is 2.30. The highest BCUT2D eigenvalue weighted by atomic mass is 19.3. The third kappa shape index (κ3) is 3.79. The minimum absolute atomic E-state index is 0.167. The second-order valence-corrected chi connectivity index (χ2v) is 4.02. The summed E-state index contributed by atoms with van der Waals surface area (Å²) >= 11 is 0. The molecular formula is C11H19F2N3. The van der Waals surface area contributed by atoms with Crippen LogP contribution < -0.4 is 10.6 Å². The minimum atomic E-state index is -2.73. The molecule has 0 saturated heterocycles. The van der Waals surface area contributed by atoms with E-state index in [0.29, 0.717) is 6.04 Å². The first kappa shape index (κ1) is 12.9. The van der Waals surface area contributed by atoms with Crippen molar-refractivity contribution in [1.82, 2.24) is 10.6 Å². The van der Waals surface area contributed by atoms with Gasteiger partial charge in [-0.2, -0.15) is 0 Å². The molecule has 16 heavy (non-hydrogen) atoms. The maximum absolute atomic E-state index is 12.3. The molecule has 92 valence electrons. The van der Waals surface area contributed by atoms with Crippen LogP contribution in [0.5, 0.6) is 0 Å². The zero-order chi connectivity index (χ0) is 12.0. The van der Waals surface area contributed by atoms with Crippen LogP contribution >= 0.6 is 0 Å². The Morgan fingerprint density at radius 1 is 1.31 bits per heavy atom. The Hall–Kier alpha value is -1.13. The summed E-state index contributed by atoms with van der Waals surface area (Å²) in [6.07, 6.45) is 4.56. The van der Waals surface area contributed by atoms with Crippen LogP contribution in [0.2, 0.25) is 0 Å². The van der Waals surface area contributed by atoms with Gasteiger partial charge in [0.05, 0.1) is 5.70 Å². The van der Waals surface area contributed by atoms with Gasteiger partial charge in [-0.05, 0) is 12.8 Å². The summed E-state index contributed by atoms with van der Waals surface area (Å²) in [5.74, 6) is 0. The third-order valence-electron chi connectivity index (χ3n) is 2.85. The fourth-order valence-electron chi connectivity index (χ4n) is 1.87. The van der Waals surface area contributed by atoms with Gasteiger partial charge in [0.1, 0.15) is 5.71 Å². The number of allylic oxidation sites excluding steroid dienone is 1. The molecule has 0 aromatic rings. The van der Waals surface area contributed by atoms with E-state index in [1.165, 1.54) is 25.5 Å². The minimum Gasteiger partial charge on any atom is -0.386 e. The molecule has 0 bridgehead atoms. The van der Waals surface area contributed by atoms with E-state index in [4.69, 9.17) is 5.41 Å². The monoisotopic (exact) mass is 231 g/mol. The highest BCUT2D eigenvalue weighted by Crippen LogP contribution is 2.17. The summed E-state index contributed by atoms with van der Waals surface area (Å²) < 4.78 is 24.6. The van der Waals surface area contributed by atoms with Crippen molar-refractivity contribution in [2.24, 2.45) is 0 Å². The molecular weight excluding hydrogens is 212 g/mol. The van der Waals surface area contributed by atoms with Gasteiger partial charge in [0.25, 0.3) is 6.43 Å². The predicted octanol–water partition coefficient (Wildman–Crippen LogP) is 2.25. The molecule has 3 nitrogen and oxygen atoms in total. The second kappa shape index (κ2) is 6.45. The summed E-state index contributed by atoms with van der Waals surface area (Å²) in [7, 11) is 1.55. The molecule has 0 radical (unpaired) electrons. The normalized spacial score (nSPS) is 18.6. The van der Waals surface area contributed by atoms with E-state index in [1.807, 2.05) is 0 Å². The van der Waals surface area contributed by atoms with E-state index in [2.05, 4.69) is 10.6 Å². The van der Waals surface area contributed by atoms with Crippen molar-refractivity contribution < 1.29 is 8.78 Å². The van der Waals surface area contributed by atoms with E-state index < -0.39 is 12.1 Å². The fraction of sp³-hybridized carbons (Fsp3) is 0.727. The zero-order valence-electron chi connectivity index (χ0n) is 9.52. The third-order valence-corrected chi connectivity index (χ3v) is 2.85. The lowest BCUT2D eigenvalue weighted by Crippen LogP contribution is -2.30. The molecule has 0 amide bonds. The Bertz CT molecular complexity index is 258. The Labute approximate surface area is 94.8 Å². The summed E-state index contributed by atoms with van der Waals surface area (Å²) in [6, 6.07) is 0.363. The van der Waals surface area contributed by atoms with E-state index in [1.54, 1.807) is 7.05 Å². The summed E-state index contributed by atoms with van der Waals surface area (Å²) in [6.45, 7) is 0. The maximum atomic E-state index is 12.3. The highest BCUT2D eigenvalue weighted by Gasteiger charge is 2.16. The summed E-state index contributed by atoms with van der Waals surface area (Å²) in [5.41, 5.74) is -0.494. The van der Waals surface area contributed by atoms with Gasteiger partial charge in [-0.3, -0.25) is 5.41 Å². The first-order chi connectivity index (χ1) is 7.65. The van der Waals surface area contributed by atoms with Crippen molar-refractivity contribution in [3.8, 4) is 0 Å². The Morgan fingerprint density at radius 3 is 2.44 bits per heavy atom. The SMILES string of the molecule is CN/C(=C/NC1CCCCC1)C(=N)C(F)F. The first-order valence-electron chi connectivity index (χ1n) is 5.66. The van der Waals surface area contributed by atoms with Gasteiger partial charge in [-0.1, -0.05) is 19.3 Å². The van der Waals surface area contributed by atoms with Gasteiger partial charge in [-0.25, -0.2) is 8.78 Å². The van der Waals surface area contributed by atoms with Crippen LogP contribution in [0.3, 0.4) is 0 Å². The first-order valence-corrected chi connectivity index (χ1v) is 5.66. The van der Waals surface area contributed by atoms with Gasteiger partial charge in [0.2, 0.25) is 0 Å². The van der Waals surface area contributed by atoms with E-state index in [9.17, 15) is 8.78 Å². The number of halogens is 2. The highest BCUT2D eigenvalue weighted by molar-refractivity contribution is 5.99. The molecule has 0 unspecified atom stereocenters. The van der Waals surface area contributed by atoms with Crippen molar-refractivity contribution >= 4 is 5.71 Å². The van der Waals surface area contributed by atoms with Crippen LogP contribution in [-0.2, 0) is 0 Å². The lowest BCUT2D eigenvalue weighted by Gasteiger charge is -2.22. The molecule has 1 rings (SSSR count). The number of alkyl halides is 2. The van der Waals surface area contributed by atoms with Crippen LogP contribution in [0.1, 0.15) is 32.1 Å². The van der Waals surface area contributed by atoms with Crippen LogP contribution in [0, 0.1) is 5.41 Å². The average molecular weight is 231 g/mol. The topological polar surface area (TPSA) is 47.9 Å². The number of nitrogens with one attached hydrogen (secondary N) is 3. The molecule has 0 spiro atoms. The Kier molecular flexibility index (Phi) is 5.22. The lowest BCUT2D eigenvalue weighted by molar-refractivity contribution is 0.224. The van der Waals surface area contributed by atoms with E-state index in [0.717, 1.165) is 12.8 Å². The Balaban J connectivity index is 2.48. The van der Waals surface area contributed by atoms with Crippen LogP contribution in [-0.4, -0.2) is 25.2 Å². The molecule has 0 heterocycles. The number of rotatable bonds is 5. The molecule has 0 atom stereocenters. The van der Waals surface area contributed by atoms with Gasteiger partial charge in [0.15, 0.2) is 0 Å². The van der Waals surface area contributed by atoms with Gasteiger partial charge in [0, 0.05) is 19.3 Å². The standard InChI is InChI=1S/C11H19F2N3/c1-15-9(10(14)11(12)13)7-16-8-5-3-2-4-6-8/h7-8,11,14-16H,2-6H2,1H3/b9-7+,14-10?. The summed E-state index contributed by atoms with van der Waals surface area (Å²) in [4.78, 5) is 0. The smallest absolute Gasteiger partial charge is 0.281 e. The van der Waals surface area contributed by atoms with Crippen molar-refractivity contribution in [1.29, 1.82) is 5.41 Å². The van der Waals surface area contributed by atoms with E-state index >= 15 is 0 Å². The van der Waals surface area contributed by atoms with Crippen LogP contribution in [0.4, 0.5) is 8.78 Å². The number of hydrogen-bond acceptors (Lipinski definition) is 3. The van der Waals surface area contributed by atoms with Crippen molar-refractivity contribution in [3.63, 3.8) is 0 Å². The van der Waals surface area contributed by atoms with Crippen molar-refractivity contribution in [2.45, 2.75) is 44.6 Å². The van der Waals surface area contributed by atoms with Crippen molar-refractivity contribution in [2.75, 3.05) is 7.05 Å². The quantitative estimate of drug-likeness (QED) is 0.636. The molecule has 5 heteroatoms. The molecule has 3 N–H and O–H groups in total. The molecule has 1 aliphatic rings. The molecule has 0 aliphatic heterocycles. The zero-order valence-corrected chi connectivity index (χ0v) is 9.52. The van der Waals surface area contributed by atoms with Gasteiger partial charge >= 0.3 is 0 Å². The fourth-order valence-corrected chi connectivity index (χ4v) is 1.87. The Morgan fingerprint density at radius 2 is 1.94 bits per heavy atom. The number of hydrogen-bond donors (Lipinski definition) is 3. The molecule has 1 fully saturated rings. The maximum Gasteiger partial charge on any atom is 0.281 e. The van der Waals surface area contributed by atoms with Gasteiger partial charge < -0.3 is 10.6 Å². The summed E-state index contributed by atoms with van der Waals surface area (Å²) in [5, 5.41) is 12.9. The van der Waals surface area contributed by atoms with Crippen LogP contribution in [0.15, 0.2) is 11.9 Å². The lowest BCUT2D eigenvalue weighted by atomic mass is 9.96. The molecule has 0 aromatic heterocycles. The van der Waals surface area contributed by atoms with E-state index in [-0.39, 0.29) is 5.70 Å². The van der Waals surface area contributed by atoms with Crippen molar-refractivity contribution in [3.05, 3.63) is 11.9 Å². The predicted molar refractivity (Wildman–Crippen MR) is 60.9 cm³/mol. The molecule has 1 saturated carbocycles. The molecule has 1 aliphatic carbocycles. The second-order valence-electron chi connectivity index (χ2n) is 4.02. The largest absolute Gasteiger partial charge is 0.386 e.